The van der Waals surface area contributed by atoms with Crippen molar-refractivity contribution in [1.29, 1.82) is 0 Å². The largest absolute Gasteiger partial charge is 0.497 e. The number of sulfonamides is 1. The molecular formula is C17H23NO3S2. The number of rotatable bonds is 6. The van der Waals surface area contributed by atoms with Crippen LogP contribution in [0.5, 0.6) is 5.75 Å². The summed E-state index contributed by atoms with van der Waals surface area (Å²) in [5.74, 6) is 1.50. The Morgan fingerprint density at radius 1 is 1.09 bits per heavy atom. The van der Waals surface area contributed by atoms with Gasteiger partial charge in [-0.15, -0.1) is 0 Å². The predicted octanol–water partition coefficient (Wildman–Crippen LogP) is 3.66. The lowest BCUT2D eigenvalue weighted by Gasteiger charge is -2.17. The van der Waals surface area contributed by atoms with E-state index < -0.39 is 10.0 Å². The fourth-order valence-corrected chi connectivity index (χ4v) is 4.13. The minimum atomic E-state index is -3.48. The average Bonchev–Trinajstić information content (AvgIpc) is 2.49. The summed E-state index contributed by atoms with van der Waals surface area (Å²) in [6.07, 6.45) is 0. The molecule has 1 N–H and O–H groups in total. The highest BCUT2D eigenvalue weighted by atomic mass is 32.2. The smallest absolute Gasteiger partial charge is 0.240 e. The Morgan fingerprint density at radius 3 is 2.39 bits per heavy atom. The summed E-state index contributed by atoms with van der Waals surface area (Å²) in [7, 11) is -1.87. The van der Waals surface area contributed by atoms with Gasteiger partial charge in [0.25, 0.3) is 0 Å². The Kier molecular flexibility index (Phi) is 5.60. The molecular weight excluding hydrogens is 330 g/mol. The summed E-state index contributed by atoms with van der Waals surface area (Å²) in [4.78, 5) is 0.288. The molecule has 0 spiro atoms. The maximum Gasteiger partial charge on any atom is 0.240 e. The van der Waals surface area contributed by atoms with E-state index in [1.54, 1.807) is 37.1 Å². The normalized spacial score (nSPS) is 12.5. The van der Waals surface area contributed by atoms with Crippen molar-refractivity contribution in [2.45, 2.75) is 30.4 Å². The molecule has 0 amide bonds. The van der Waals surface area contributed by atoms with Crippen LogP contribution >= 0.6 is 11.8 Å². The number of methoxy groups -OCH3 is 1. The van der Waals surface area contributed by atoms with Crippen molar-refractivity contribution < 1.29 is 13.2 Å². The molecule has 0 atom stereocenters. The molecule has 0 aliphatic carbocycles. The van der Waals surface area contributed by atoms with Gasteiger partial charge in [-0.2, -0.15) is 11.8 Å². The standard InChI is InChI=1S/C17H23NO3S2/c1-17(2,3)22-10-9-18-23(19,20)16-8-6-13-11-15(21-4)7-5-14(13)12-16/h5-8,11-12,18H,9-10H2,1-4H3. The summed E-state index contributed by atoms with van der Waals surface area (Å²) >= 11 is 1.74. The number of thioether (sulfide) groups is 1. The van der Waals surface area contributed by atoms with Gasteiger partial charge in [-0.1, -0.05) is 32.9 Å². The molecule has 0 aromatic heterocycles. The first-order valence-electron chi connectivity index (χ1n) is 7.43. The lowest BCUT2D eigenvalue weighted by Crippen LogP contribution is -2.27. The molecule has 4 nitrogen and oxygen atoms in total. The number of benzene rings is 2. The zero-order chi connectivity index (χ0) is 17.1. The number of hydrogen-bond donors (Lipinski definition) is 1. The quantitative estimate of drug-likeness (QED) is 0.805. The van der Waals surface area contributed by atoms with E-state index in [9.17, 15) is 8.42 Å². The van der Waals surface area contributed by atoms with Crippen LogP contribution < -0.4 is 9.46 Å². The maximum absolute atomic E-state index is 12.4. The zero-order valence-corrected chi connectivity index (χ0v) is 15.6. The molecule has 0 aliphatic rings. The molecule has 2 rings (SSSR count). The molecule has 0 saturated carbocycles. The van der Waals surface area contributed by atoms with Crippen LogP contribution in [0.3, 0.4) is 0 Å². The van der Waals surface area contributed by atoms with Crippen molar-refractivity contribution in [2.24, 2.45) is 0 Å². The van der Waals surface area contributed by atoms with E-state index in [1.807, 2.05) is 18.2 Å². The molecule has 0 saturated heterocycles. The van der Waals surface area contributed by atoms with Crippen molar-refractivity contribution in [1.82, 2.24) is 4.72 Å². The fourth-order valence-electron chi connectivity index (χ4n) is 2.11. The predicted molar refractivity (Wildman–Crippen MR) is 97.9 cm³/mol. The highest BCUT2D eigenvalue weighted by Crippen LogP contribution is 2.24. The van der Waals surface area contributed by atoms with Gasteiger partial charge in [0.1, 0.15) is 5.75 Å². The molecule has 126 valence electrons. The Morgan fingerprint density at radius 2 is 1.74 bits per heavy atom. The third-order valence-corrected chi connectivity index (χ3v) is 5.99. The maximum atomic E-state index is 12.4. The van der Waals surface area contributed by atoms with Crippen molar-refractivity contribution in [3.8, 4) is 5.75 Å². The topological polar surface area (TPSA) is 55.4 Å². The highest BCUT2D eigenvalue weighted by Gasteiger charge is 2.15. The molecule has 0 heterocycles. The Hall–Kier alpha value is -1.24. The van der Waals surface area contributed by atoms with E-state index in [2.05, 4.69) is 25.5 Å². The average molecular weight is 354 g/mol. The van der Waals surface area contributed by atoms with Gasteiger partial charge < -0.3 is 4.74 Å². The lowest BCUT2D eigenvalue weighted by atomic mass is 10.1. The molecule has 0 radical (unpaired) electrons. The second-order valence-electron chi connectivity index (χ2n) is 6.23. The van der Waals surface area contributed by atoms with E-state index in [4.69, 9.17) is 4.74 Å². The fraction of sp³-hybridized carbons (Fsp3) is 0.412. The third kappa shape index (κ3) is 5.12. The van der Waals surface area contributed by atoms with Crippen molar-refractivity contribution in [3.63, 3.8) is 0 Å². The van der Waals surface area contributed by atoms with Crippen LogP contribution in [0.1, 0.15) is 20.8 Å². The number of hydrogen-bond acceptors (Lipinski definition) is 4. The van der Waals surface area contributed by atoms with E-state index >= 15 is 0 Å². The van der Waals surface area contributed by atoms with Crippen LogP contribution in [0.15, 0.2) is 41.3 Å². The molecule has 6 heteroatoms. The Labute approximate surface area is 142 Å². The molecule has 0 bridgehead atoms. The minimum Gasteiger partial charge on any atom is -0.497 e. The Bertz CT molecular complexity index is 780. The van der Waals surface area contributed by atoms with E-state index in [0.29, 0.717) is 6.54 Å². The summed E-state index contributed by atoms with van der Waals surface area (Å²) < 4.78 is 32.7. The SMILES string of the molecule is COc1ccc2cc(S(=O)(=O)NCCSC(C)(C)C)ccc2c1. The van der Waals surface area contributed by atoms with Crippen LogP contribution in [0.25, 0.3) is 10.8 Å². The number of ether oxygens (including phenoxy) is 1. The molecule has 2 aromatic rings. The van der Waals surface area contributed by atoms with Gasteiger partial charge in [0.2, 0.25) is 10.0 Å². The highest BCUT2D eigenvalue weighted by molar-refractivity contribution is 8.00. The van der Waals surface area contributed by atoms with Gasteiger partial charge in [0.15, 0.2) is 0 Å². The summed E-state index contributed by atoms with van der Waals surface area (Å²) in [5.41, 5.74) is 0. The third-order valence-electron chi connectivity index (χ3n) is 3.26. The first kappa shape index (κ1) is 18.1. The first-order valence-corrected chi connectivity index (χ1v) is 9.90. The summed E-state index contributed by atoms with van der Waals surface area (Å²) in [5, 5.41) is 1.82. The molecule has 0 fully saturated rings. The van der Waals surface area contributed by atoms with Crippen LogP contribution in [-0.2, 0) is 10.0 Å². The van der Waals surface area contributed by atoms with Crippen LogP contribution in [-0.4, -0.2) is 32.6 Å². The minimum absolute atomic E-state index is 0.132. The van der Waals surface area contributed by atoms with Crippen LogP contribution in [0.4, 0.5) is 0 Å². The molecule has 23 heavy (non-hydrogen) atoms. The van der Waals surface area contributed by atoms with Gasteiger partial charge in [-0.3, -0.25) is 0 Å². The summed E-state index contributed by atoms with van der Waals surface area (Å²) in [6.45, 7) is 6.77. The number of nitrogens with one attached hydrogen (secondary N) is 1. The van der Waals surface area contributed by atoms with Crippen molar-refractivity contribution in [3.05, 3.63) is 36.4 Å². The summed E-state index contributed by atoms with van der Waals surface area (Å²) in [6, 6.07) is 10.7. The Balaban J connectivity index is 2.12. The van der Waals surface area contributed by atoms with Crippen molar-refractivity contribution in [2.75, 3.05) is 19.4 Å². The zero-order valence-electron chi connectivity index (χ0n) is 13.9. The van der Waals surface area contributed by atoms with Crippen molar-refractivity contribution >= 4 is 32.6 Å². The van der Waals surface area contributed by atoms with Gasteiger partial charge in [0, 0.05) is 17.0 Å². The van der Waals surface area contributed by atoms with E-state index in [0.717, 1.165) is 22.3 Å². The molecule has 0 aliphatic heterocycles. The monoisotopic (exact) mass is 353 g/mol. The lowest BCUT2D eigenvalue weighted by molar-refractivity contribution is 0.415. The second-order valence-corrected chi connectivity index (χ2v) is 9.92. The number of fused-ring (bicyclic) bond motifs is 1. The van der Waals surface area contributed by atoms with Gasteiger partial charge >= 0.3 is 0 Å². The first-order chi connectivity index (χ1) is 10.7. The van der Waals surface area contributed by atoms with Crippen LogP contribution in [0.2, 0.25) is 0 Å². The van der Waals surface area contributed by atoms with E-state index in [1.165, 1.54) is 0 Å². The van der Waals surface area contributed by atoms with E-state index in [-0.39, 0.29) is 9.64 Å². The second kappa shape index (κ2) is 7.11. The van der Waals surface area contributed by atoms with Gasteiger partial charge in [0.05, 0.1) is 12.0 Å². The molecule has 2 aromatic carbocycles. The van der Waals surface area contributed by atoms with Gasteiger partial charge in [-0.05, 0) is 35.0 Å². The molecule has 0 unspecified atom stereocenters. The van der Waals surface area contributed by atoms with Gasteiger partial charge in [-0.25, -0.2) is 13.1 Å². The van der Waals surface area contributed by atoms with Crippen LogP contribution in [0, 0.1) is 0 Å².